The highest BCUT2D eigenvalue weighted by Gasteiger charge is 2.35. The molecule has 0 saturated heterocycles. The standard InChI is InChI=1S/C14H20N2O/c1-9-7-16-14(17-9)10(2)15-8-13-6-11-3-4-12(13)5-11/h3-4,7,10-13,15H,5-6,8H2,1-2H3. The number of nitrogens with zero attached hydrogens (tertiary/aromatic N) is 1. The minimum absolute atomic E-state index is 0.215. The lowest BCUT2D eigenvalue weighted by atomic mass is 9.93. The Morgan fingerprint density at radius 2 is 2.35 bits per heavy atom. The average molecular weight is 232 g/mol. The molecule has 1 N–H and O–H groups in total. The molecule has 3 nitrogen and oxygen atoms in total. The first-order valence-electron chi connectivity index (χ1n) is 6.56. The molecule has 17 heavy (non-hydrogen) atoms. The second kappa shape index (κ2) is 4.30. The van der Waals surface area contributed by atoms with Gasteiger partial charge >= 0.3 is 0 Å². The summed E-state index contributed by atoms with van der Waals surface area (Å²) >= 11 is 0. The maximum Gasteiger partial charge on any atom is 0.211 e. The lowest BCUT2D eigenvalue weighted by Crippen LogP contribution is -2.28. The zero-order valence-electron chi connectivity index (χ0n) is 10.5. The maximum atomic E-state index is 5.53. The molecule has 2 aliphatic rings. The Morgan fingerprint density at radius 1 is 1.47 bits per heavy atom. The summed E-state index contributed by atoms with van der Waals surface area (Å²) in [5, 5.41) is 3.55. The lowest BCUT2D eigenvalue weighted by molar-refractivity contribution is 0.353. The smallest absolute Gasteiger partial charge is 0.211 e. The third-order valence-electron chi connectivity index (χ3n) is 4.11. The first-order chi connectivity index (χ1) is 8.22. The molecule has 1 aromatic heterocycles. The molecule has 0 aliphatic heterocycles. The van der Waals surface area contributed by atoms with Crippen LogP contribution in [-0.2, 0) is 0 Å². The highest BCUT2D eigenvalue weighted by Crippen LogP contribution is 2.43. The summed E-state index contributed by atoms with van der Waals surface area (Å²) in [7, 11) is 0. The van der Waals surface area contributed by atoms with E-state index in [2.05, 4.69) is 29.4 Å². The van der Waals surface area contributed by atoms with Crippen LogP contribution in [0.15, 0.2) is 22.8 Å². The van der Waals surface area contributed by atoms with Gasteiger partial charge < -0.3 is 9.73 Å². The summed E-state index contributed by atoms with van der Waals surface area (Å²) < 4.78 is 5.53. The van der Waals surface area contributed by atoms with Crippen molar-refractivity contribution in [3.8, 4) is 0 Å². The van der Waals surface area contributed by atoms with Crippen LogP contribution in [0.4, 0.5) is 0 Å². The first-order valence-corrected chi connectivity index (χ1v) is 6.56. The van der Waals surface area contributed by atoms with Crippen LogP contribution in [0.5, 0.6) is 0 Å². The van der Waals surface area contributed by atoms with Gasteiger partial charge in [0.05, 0.1) is 12.2 Å². The van der Waals surface area contributed by atoms with E-state index in [1.807, 2.05) is 6.92 Å². The second-order valence-corrected chi connectivity index (χ2v) is 5.48. The van der Waals surface area contributed by atoms with Crippen molar-refractivity contribution in [1.29, 1.82) is 0 Å². The van der Waals surface area contributed by atoms with Crippen molar-refractivity contribution in [2.45, 2.75) is 32.7 Å². The number of hydrogen-bond acceptors (Lipinski definition) is 3. The number of aryl methyl sites for hydroxylation is 1. The summed E-state index contributed by atoms with van der Waals surface area (Å²) in [6, 6.07) is 0.215. The first kappa shape index (κ1) is 11.0. The van der Waals surface area contributed by atoms with Crippen LogP contribution in [0.3, 0.4) is 0 Å². The number of oxazole rings is 1. The highest BCUT2D eigenvalue weighted by molar-refractivity contribution is 5.10. The summed E-state index contributed by atoms with van der Waals surface area (Å²) in [5.41, 5.74) is 0. The predicted octanol–water partition coefficient (Wildman–Crippen LogP) is 2.85. The summed E-state index contributed by atoms with van der Waals surface area (Å²) in [6.45, 7) is 5.13. The van der Waals surface area contributed by atoms with Crippen LogP contribution in [0.2, 0.25) is 0 Å². The van der Waals surface area contributed by atoms with Crippen LogP contribution in [0.25, 0.3) is 0 Å². The number of hydrogen-bond donors (Lipinski definition) is 1. The number of rotatable bonds is 4. The monoisotopic (exact) mass is 232 g/mol. The van der Waals surface area contributed by atoms with Gasteiger partial charge in [0.2, 0.25) is 5.89 Å². The molecule has 0 radical (unpaired) electrons. The zero-order valence-corrected chi connectivity index (χ0v) is 10.5. The summed E-state index contributed by atoms with van der Waals surface area (Å²) in [5.74, 6) is 4.17. The molecule has 4 atom stereocenters. The van der Waals surface area contributed by atoms with Gasteiger partial charge in [0.25, 0.3) is 0 Å². The second-order valence-electron chi connectivity index (χ2n) is 5.48. The molecule has 0 amide bonds. The molecule has 3 heteroatoms. The molecule has 1 heterocycles. The highest BCUT2D eigenvalue weighted by atomic mass is 16.4. The SMILES string of the molecule is Cc1cnc(C(C)NCC2CC3C=CC2C3)o1. The minimum Gasteiger partial charge on any atom is -0.444 e. The Balaban J connectivity index is 1.53. The van der Waals surface area contributed by atoms with Gasteiger partial charge in [0.15, 0.2) is 0 Å². The van der Waals surface area contributed by atoms with E-state index in [1.54, 1.807) is 6.20 Å². The van der Waals surface area contributed by atoms with Crippen molar-refractivity contribution in [2.24, 2.45) is 17.8 Å². The lowest BCUT2D eigenvalue weighted by Gasteiger charge is -2.20. The fraction of sp³-hybridized carbons (Fsp3) is 0.643. The van der Waals surface area contributed by atoms with Crippen LogP contribution >= 0.6 is 0 Å². The summed E-state index contributed by atoms with van der Waals surface area (Å²) in [6.07, 6.45) is 9.31. The van der Waals surface area contributed by atoms with Gasteiger partial charge in [-0.3, -0.25) is 0 Å². The number of aromatic nitrogens is 1. The molecule has 2 aliphatic carbocycles. The minimum atomic E-state index is 0.215. The quantitative estimate of drug-likeness (QED) is 0.811. The molecule has 1 aromatic rings. The van der Waals surface area contributed by atoms with Crippen molar-refractivity contribution >= 4 is 0 Å². The van der Waals surface area contributed by atoms with Gasteiger partial charge in [-0.1, -0.05) is 12.2 Å². The molecule has 92 valence electrons. The molecule has 1 fully saturated rings. The third-order valence-corrected chi connectivity index (χ3v) is 4.11. The molecule has 0 aromatic carbocycles. The van der Waals surface area contributed by atoms with E-state index in [4.69, 9.17) is 4.42 Å². The van der Waals surface area contributed by atoms with E-state index in [0.29, 0.717) is 0 Å². The van der Waals surface area contributed by atoms with E-state index >= 15 is 0 Å². The Bertz CT molecular complexity index is 424. The van der Waals surface area contributed by atoms with Crippen LogP contribution in [0.1, 0.15) is 37.5 Å². The molecular weight excluding hydrogens is 212 g/mol. The number of fused-ring (bicyclic) bond motifs is 2. The fourth-order valence-corrected chi connectivity index (χ4v) is 3.12. The van der Waals surface area contributed by atoms with E-state index in [1.165, 1.54) is 12.8 Å². The van der Waals surface area contributed by atoms with Crippen molar-refractivity contribution in [1.82, 2.24) is 10.3 Å². The van der Waals surface area contributed by atoms with Crippen molar-refractivity contribution in [2.75, 3.05) is 6.54 Å². The topological polar surface area (TPSA) is 38.1 Å². The van der Waals surface area contributed by atoms with Gasteiger partial charge in [-0.05, 0) is 51.0 Å². The van der Waals surface area contributed by atoms with Crippen LogP contribution in [-0.4, -0.2) is 11.5 Å². The normalized spacial score (nSPS) is 32.2. The summed E-state index contributed by atoms with van der Waals surface area (Å²) in [4.78, 5) is 4.27. The molecule has 4 unspecified atom stereocenters. The predicted molar refractivity (Wildman–Crippen MR) is 66.5 cm³/mol. The largest absolute Gasteiger partial charge is 0.444 e. The Kier molecular flexibility index (Phi) is 2.79. The van der Waals surface area contributed by atoms with Gasteiger partial charge in [-0.25, -0.2) is 4.98 Å². The molecule has 3 rings (SSSR count). The zero-order chi connectivity index (χ0) is 11.8. The van der Waals surface area contributed by atoms with Gasteiger partial charge in [-0.15, -0.1) is 0 Å². The van der Waals surface area contributed by atoms with E-state index in [9.17, 15) is 0 Å². The molecule has 0 spiro atoms. The van der Waals surface area contributed by atoms with E-state index in [0.717, 1.165) is 35.9 Å². The molecule has 2 bridgehead atoms. The van der Waals surface area contributed by atoms with Crippen molar-refractivity contribution in [3.63, 3.8) is 0 Å². The van der Waals surface area contributed by atoms with Gasteiger partial charge in [-0.2, -0.15) is 0 Å². The van der Waals surface area contributed by atoms with Gasteiger partial charge in [0, 0.05) is 0 Å². The Morgan fingerprint density at radius 3 is 2.94 bits per heavy atom. The van der Waals surface area contributed by atoms with Crippen molar-refractivity contribution < 1.29 is 4.42 Å². The van der Waals surface area contributed by atoms with Gasteiger partial charge in [0.1, 0.15) is 5.76 Å². The number of nitrogens with one attached hydrogen (secondary N) is 1. The van der Waals surface area contributed by atoms with Crippen LogP contribution < -0.4 is 5.32 Å². The number of allylic oxidation sites excluding steroid dienone is 2. The Labute approximate surface area is 102 Å². The van der Waals surface area contributed by atoms with E-state index in [-0.39, 0.29) is 6.04 Å². The molecule has 1 saturated carbocycles. The van der Waals surface area contributed by atoms with E-state index < -0.39 is 0 Å². The van der Waals surface area contributed by atoms with Crippen LogP contribution in [0, 0.1) is 24.7 Å². The average Bonchev–Trinajstić information content (AvgIpc) is 3.01. The Hall–Kier alpha value is -1.09. The maximum absolute atomic E-state index is 5.53. The van der Waals surface area contributed by atoms with Crippen molar-refractivity contribution in [3.05, 3.63) is 30.0 Å². The third kappa shape index (κ3) is 2.16. The molecular formula is C14H20N2O. The fourth-order valence-electron chi connectivity index (χ4n) is 3.12.